The molecule has 0 aliphatic carbocycles. The molecule has 16 heavy (non-hydrogen) atoms. The molecule has 1 aromatic carbocycles. The van der Waals surface area contributed by atoms with Crippen LogP contribution in [-0.2, 0) is 0 Å². The molecule has 0 atom stereocenters. The summed E-state index contributed by atoms with van der Waals surface area (Å²) in [6.45, 7) is 3.06. The van der Waals surface area contributed by atoms with Crippen molar-refractivity contribution in [3.8, 4) is 0 Å². The van der Waals surface area contributed by atoms with Crippen LogP contribution in [0.2, 0.25) is 0 Å². The van der Waals surface area contributed by atoms with Crippen LogP contribution in [0.15, 0.2) is 24.3 Å². The van der Waals surface area contributed by atoms with Crippen LogP contribution in [-0.4, -0.2) is 16.8 Å². The number of hydrogen-bond acceptors (Lipinski definition) is 4. The molecule has 1 aromatic rings. The van der Waals surface area contributed by atoms with E-state index < -0.39 is 0 Å². The van der Waals surface area contributed by atoms with Gasteiger partial charge in [-0.3, -0.25) is 10.8 Å². The van der Waals surface area contributed by atoms with Crippen LogP contribution < -0.4 is 11.1 Å². The topological polar surface area (TPSA) is 85.8 Å². The average Bonchev–Trinajstić information content (AvgIpc) is 2.26. The quantitative estimate of drug-likeness (QED) is 0.478. The van der Waals surface area contributed by atoms with Crippen LogP contribution in [0.4, 0.5) is 5.69 Å². The number of anilines is 1. The van der Waals surface area contributed by atoms with Crippen LogP contribution in [0.5, 0.6) is 0 Å². The lowest BCUT2D eigenvalue weighted by Gasteiger charge is -2.06. The van der Waals surface area contributed by atoms with Gasteiger partial charge in [-0.05, 0) is 30.3 Å². The Labute approximate surface area is 99.6 Å². The van der Waals surface area contributed by atoms with Crippen molar-refractivity contribution in [2.75, 3.05) is 11.9 Å². The molecule has 0 aliphatic rings. The van der Waals surface area contributed by atoms with E-state index in [-0.39, 0.29) is 5.17 Å². The first kappa shape index (κ1) is 12.6. The molecule has 1 rings (SSSR count). The lowest BCUT2D eigenvalue weighted by Crippen LogP contribution is -2.08. The molecule has 0 bridgehead atoms. The van der Waals surface area contributed by atoms with Crippen LogP contribution in [0.25, 0.3) is 0 Å². The standard InChI is InChI=1S/C11H16N4S/c1-2-7-15-9-5-3-8(4-6-9)10(12)16-11(13)14/h3-6,12,15H,2,7H2,1H3,(H3,13,14). The van der Waals surface area contributed by atoms with Crippen molar-refractivity contribution < 1.29 is 0 Å². The first-order valence-corrected chi connectivity index (χ1v) is 5.90. The van der Waals surface area contributed by atoms with Gasteiger partial charge in [-0.2, -0.15) is 0 Å². The van der Waals surface area contributed by atoms with E-state index in [0.29, 0.717) is 5.04 Å². The van der Waals surface area contributed by atoms with Crippen molar-refractivity contribution in [1.29, 1.82) is 10.8 Å². The van der Waals surface area contributed by atoms with Gasteiger partial charge in [0.05, 0.1) is 0 Å². The fourth-order valence-electron chi connectivity index (χ4n) is 1.18. The van der Waals surface area contributed by atoms with Crippen LogP contribution >= 0.6 is 11.8 Å². The lowest BCUT2D eigenvalue weighted by molar-refractivity contribution is 0.980. The second-order valence-electron chi connectivity index (χ2n) is 3.30. The molecule has 0 unspecified atom stereocenters. The minimum atomic E-state index is -0.0572. The third-order valence-electron chi connectivity index (χ3n) is 1.94. The summed E-state index contributed by atoms with van der Waals surface area (Å²) in [7, 11) is 0. The van der Waals surface area contributed by atoms with Gasteiger partial charge in [-0.1, -0.05) is 19.1 Å². The van der Waals surface area contributed by atoms with Crippen molar-refractivity contribution in [3.63, 3.8) is 0 Å². The summed E-state index contributed by atoms with van der Waals surface area (Å²) in [4.78, 5) is 0. The first-order chi connectivity index (χ1) is 7.63. The van der Waals surface area contributed by atoms with Crippen molar-refractivity contribution in [1.82, 2.24) is 0 Å². The van der Waals surface area contributed by atoms with Gasteiger partial charge >= 0.3 is 0 Å². The van der Waals surface area contributed by atoms with Crippen LogP contribution in [0.1, 0.15) is 18.9 Å². The highest BCUT2D eigenvalue weighted by molar-refractivity contribution is 8.26. The molecular weight excluding hydrogens is 220 g/mol. The van der Waals surface area contributed by atoms with E-state index >= 15 is 0 Å². The summed E-state index contributed by atoms with van der Waals surface area (Å²) in [5.41, 5.74) is 7.05. The molecule has 0 amide bonds. The largest absolute Gasteiger partial charge is 0.385 e. The second-order valence-corrected chi connectivity index (χ2v) is 4.35. The molecule has 5 heteroatoms. The maximum absolute atomic E-state index is 7.69. The Morgan fingerprint density at radius 1 is 1.31 bits per heavy atom. The van der Waals surface area contributed by atoms with Gasteiger partial charge < -0.3 is 11.1 Å². The molecular formula is C11H16N4S. The van der Waals surface area contributed by atoms with Crippen molar-refractivity contribution in [3.05, 3.63) is 29.8 Å². The van der Waals surface area contributed by atoms with Gasteiger partial charge in [0.15, 0.2) is 5.17 Å². The Hall–Kier alpha value is -1.49. The van der Waals surface area contributed by atoms with E-state index in [1.807, 2.05) is 24.3 Å². The fraction of sp³-hybridized carbons (Fsp3) is 0.273. The van der Waals surface area contributed by atoms with Gasteiger partial charge in [0.25, 0.3) is 0 Å². The number of rotatable bonds is 4. The van der Waals surface area contributed by atoms with Gasteiger partial charge in [0.2, 0.25) is 0 Å². The molecule has 0 saturated carbocycles. The van der Waals surface area contributed by atoms with Crippen LogP contribution in [0.3, 0.4) is 0 Å². The summed E-state index contributed by atoms with van der Waals surface area (Å²) in [6.07, 6.45) is 1.08. The minimum Gasteiger partial charge on any atom is -0.385 e. The molecule has 0 radical (unpaired) electrons. The Bertz CT molecular complexity index is 372. The molecule has 0 heterocycles. The molecule has 4 nitrogen and oxygen atoms in total. The van der Waals surface area contributed by atoms with E-state index in [9.17, 15) is 0 Å². The highest BCUT2D eigenvalue weighted by Crippen LogP contribution is 2.15. The summed E-state index contributed by atoms with van der Waals surface area (Å²) >= 11 is 0.955. The predicted octanol–water partition coefficient (Wildman–Crippen LogP) is 2.46. The molecule has 0 spiro atoms. The van der Waals surface area contributed by atoms with E-state index in [0.717, 1.165) is 36.0 Å². The SMILES string of the molecule is CCCNc1ccc(C(=N)SC(=N)N)cc1. The van der Waals surface area contributed by atoms with Crippen molar-refractivity contribution in [2.45, 2.75) is 13.3 Å². The fourth-order valence-corrected chi connectivity index (χ4v) is 1.65. The Balaban J connectivity index is 2.63. The van der Waals surface area contributed by atoms with E-state index in [4.69, 9.17) is 16.6 Å². The maximum Gasteiger partial charge on any atom is 0.157 e. The van der Waals surface area contributed by atoms with Crippen molar-refractivity contribution in [2.24, 2.45) is 5.73 Å². The Morgan fingerprint density at radius 2 is 1.94 bits per heavy atom. The summed E-state index contributed by atoms with van der Waals surface area (Å²) < 4.78 is 0. The third-order valence-corrected chi connectivity index (χ3v) is 2.60. The monoisotopic (exact) mass is 236 g/mol. The number of amidine groups is 1. The molecule has 0 fully saturated rings. The number of nitrogens with one attached hydrogen (secondary N) is 3. The lowest BCUT2D eigenvalue weighted by atomic mass is 10.2. The average molecular weight is 236 g/mol. The molecule has 0 aromatic heterocycles. The molecule has 0 saturated heterocycles. The minimum absolute atomic E-state index is 0.0572. The summed E-state index contributed by atoms with van der Waals surface area (Å²) in [5, 5.41) is 18.3. The van der Waals surface area contributed by atoms with Gasteiger partial charge in [-0.15, -0.1) is 0 Å². The molecule has 0 aliphatic heterocycles. The summed E-state index contributed by atoms with van der Waals surface area (Å²) in [5.74, 6) is 0. The second kappa shape index (κ2) is 6.17. The zero-order chi connectivity index (χ0) is 12.0. The number of nitrogens with two attached hydrogens (primary N) is 1. The smallest absolute Gasteiger partial charge is 0.157 e. The zero-order valence-electron chi connectivity index (χ0n) is 9.21. The van der Waals surface area contributed by atoms with E-state index in [2.05, 4.69) is 12.2 Å². The zero-order valence-corrected chi connectivity index (χ0v) is 10.0. The van der Waals surface area contributed by atoms with E-state index in [1.54, 1.807) is 0 Å². The molecule has 86 valence electrons. The summed E-state index contributed by atoms with van der Waals surface area (Å²) in [6, 6.07) is 7.58. The van der Waals surface area contributed by atoms with Gasteiger partial charge in [0.1, 0.15) is 5.04 Å². The van der Waals surface area contributed by atoms with Crippen LogP contribution in [0, 0.1) is 10.8 Å². The number of benzene rings is 1. The Morgan fingerprint density at radius 3 is 2.44 bits per heavy atom. The van der Waals surface area contributed by atoms with Crippen molar-refractivity contribution >= 4 is 27.7 Å². The van der Waals surface area contributed by atoms with Gasteiger partial charge in [-0.25, -0.2) is 0 Å². The van der Waals surface area contributed by atoms with E-state index in [1.165, 1.54) is 0 Å². The first-order valence-electron chi connectivity index (χ1n) is 5.08. The number of hydrogen-bond donors (Lipinski definition) is 4. The normalized spacial score (nSPS) is 9.81. The maximum atomic E-state index is 7.69. The highest BCUT2D eigenvalue weighted by atomic mass is 32.2. The predicted molar refractivity (Wildman–Crippen MR) is 71.6 cm³/mol. The number of thioether (sulfide) groups is 1. The molecule has 5 N–H and O–H groups in total. The third kappa shape index (κ3) is 3.94. The van der Waals surface area contributed by atoms with Gasteiger partial charge in [0, 0.05) is 17.8 Å². The Kier molecular flexibility index (Phi) is 4.85. The highest BCUT2D eigenvalue weighted by Gasteiger charge is 2.03.